The van der Waals surface area contributed by atoms with Crippen LogP contribution in [0.2, 0.25) is 0 Å². The molecule has 0 saturated heterocycles. The van der Waals surface area contributed by atoms with Crippen LogP contribution >= 0.6 is 0 Å². The number of amides is 1. The molecule has 0 aliphatic heterocycles. The molecule has 5 heteroatoms. The van der Waals surface area contributed by atoms with Gasteiger partial charge in [-0.3, -0.25) is 4.79 Å². The fourth-order valence-corrected chi connectivity index (χ4v) is 1.33. The molecule has 1 aromatic carbocycles. The first-order valence-corrected chi connectivity index (χ1v) is 5.62. The van der Waals surface area contributed by atoms with E-state index in [4.69, 9.17) is 13.0 Å². The normalized spacial score (nSPS) is 11.1. The summed E-state index contributed by atoms with van der Waals surface area (Å²) >= 11 is 0. The monoisotopic (exact) mass is 245 g/mol. The van der Waals surface area contributed by atoms with Crippen LogP contribution in [0, 0.1) is 5.41 Å². The Morgan fingerprint density at radius 2 is 1.94 bits per heavy atom. The number of carbonyl (C=O) groups excluding carboxylic acids is 1. The largest absolute Gasteiger partial charge is 0.478 e. The van der Waals surface area contributed by atoms with Crippen LogP contribution in [0.15, 0.2) is 18.2 Å². The number of rotatable bonds is 3. The van der Waals surface area contributed by atoms with Crippen LogP contribution in [0.25, 0.3) is 0 Å². The Bertz CT molecular complexity index is 478. The molecule has 0 aliphatic carbocycles. The van der Waals surface area contributed by atoms with Gasteiger partial charge in [-0.15, -0.1) is 0 Å². The highest BCUT2D eigenvalue weighted by atomic mass is 16.4. The summed E-state index contributed by atoms with van der Waals surface area (Å²) < 4.78 is 0. The molecule has 0 unspecified atom stereocenters. The summed E-state index contributed by atoms with van der Waals surface area (Å²) in [5, 5.41) is 11.7. The number of hydrogen-bond donors (Lipinski definition) is 2. The maximum Gasteiger partial charge on any atom is 0.335 e. The average Bonchev–Trinajstić information content (AvgIpc) is 2.25. The predicted octanol–water partition coefficient (Wildman–Crippen LogP) is 0.954. The summed E-state index contributed by atoms with van der Waals surface area (Å²) in [5.41, 5.74) is 0.359. The van der Waals surface area contributed by atoms with Gasteiger partial charge in [0.05, 0.1) is 5.56 Å². The minimum Gasteiger partial charge on any atom is -0.478 e. The van der Waals surface area contributed by atoms with Gasteiger partial charge in [0.15, 0.2) is 0 Å². The number of benzene rings is 1. The highest BCUT2D eigenvalue weighted by molar-refractivity contribution is 6.36. The quantitative estimate of drug-likeness (QED) is 0.779. The summed E-state index contributed by atoms with van der Waals surface area (Å²) in [6, 6.07) is 4.23. The second-order valence-corrected chi connectivity index (χ2v) is 5.35. The van der Waals surface area contributed by atoms with Gasteiger partial charge in [-0.05, 0) is 11.5 Å². The lowest BCUT2D eigenvalue weighted by atomic mass is 9.89. The summed E-state index contributed by atoms with van der Waals surface area (Å²) in [4.78, 5) is 22.7. The van der Waals surface area contributed by atoms with Crippen LogP contribution in [0.4, 0.5) is 0 Å². The molecule has 0 aromatic heterocycles. The lowest BCUT2D eigenvalue weighted by Gasteiger charge is -2.18. The maximum atomic E-state index is 11.8. The van der Waals surface area contributed by atoms with Crippen molar-refractivity contribution in [2.75, 3.05) is 6.54 Å². The van der Waals surface area contributed by atoms with Crippen molar-refractivity contribution in [3.05, 3.63) is 29.3 Å². The van der Waals surface area contributed by atoms with Crippen LogP contribution in [-0.2, 0) is 0 Å². The third kappa shape index (κ3) is 3.91. The topological polar surface area (TPSA) is 66.4 Å². The Balaban J connectivity index is 2.87. The fourth-order valence-electron chi connectivity index (χ4n) is 1.33. The lowest BCUT2D eigenvalue weighted by Crippen LogP contribution is -2.32. The Labute approximate surface area is 108 Å². The summed E-state index contributed by atoms with van der Waals surface area (Å²) in [6.45, 7) is 6.51. The van der Waals surface area contributed by atoms with Gasteiger partial charge in [0.25, 0.3) is 5.91 Å². The molecule has 2 radical (unpaired) electrons. The number of nitrogens with one attached hydrogen (secondary N) is 1. The van der Waals surface area contributed by atoms with Gasteiger partial charge in [-0.1, -0.05) is 38.4 Å². The van der Waals surface area contributed by atoms with E-state index in [1.54, 1.807) is 0 Å². The van der Waals surface area contributed by atoms with E-state index in [1.807, 2.05) is 20.8 Å². The van der Waals surface area contributed by atoms with Crippen LogP contribution < -0.4 is 10.8 Å². The van der Waals surface area contributed by atoms with E-state index in [0.717, 1.165) is 0 Å². The molecular weight excluding hydrogens is 229 g/mol. The minimum absolute atomic E-state index is 0.0287. The third-order valence-corrected chi connectivity index (χ3v) is 2.33. The molecule has 0 aliphatic rings. The number of hydrogen-bond acceptors (Lipinski definition) is 2. The van der Waals surface area contributed by atoms with Crippen LogP contribution in [0.5, 0.6) is 0 Å². The van der Waals surface area contributed by atoms with Gasteiger partial charge in [-0.2, -0.15) is 0 Å². The second kappa shape index (κ2) is 5.25. The van der Waals surface area contributed by atoms with E-state index in [2.05, 4.69) is 5.32 Å². The maximum absolute atomic E-state index is 11.8. The van der Waals surface area contributed by atoms with E-state index in [9.17, 15) is 9.59 Å². The Kier molecular flexibility index (Phi) is 4.17. The van der Waals surface area contributed by atoms with Gasteiger partial charge in [0.2, 0.25) is 0 Å². The molecular formula is C13H16BNO3. The highest BCUT2D eigenvalue weighted by Gasteiger charge is 2.15. The van der Waals surface area contributed by atoms with Crippen molar-refractivity contribution in [3.63, 3.8) is 0 Å². The molecule has 94 valence electrons. The molecule has 0 heterocycles. The Morgan fingerprint density at radius 1 is 1.33 bits per heavy atom. The van der Waals surface area contributed by atoms with Crippen molar-refractivity contribution in [2.45, 2.75) is 20.8 Å². The van der Waals surface area contributed by atoms with Crippen LogP contribution in [0.3, 0.4) is 0 Å². The van der Waals surface area contributed by atoms with Crippen molar-refractivity contribution in [1.82, 2.24) is 5.32 Å². The summed E-state index contributed by atoms with van der Waals surface area (Å²) in [6.07, 6.45) is 0. The van der Waals surface area contributed by atoms with Gasteiger partial charge >= 0.3 is 5.97 Å². The van der Waals surface area contributed by atoms with Crippen molar-refractivity contribution < 1.29 is 14.7 Å². The lowest BCUT2D eigenvalue weighted by molar-refractivity contribution is 0.0698. The number of carboxylic acids is 1. The van der Waals surface area contributed by atoms with Crippen LogP contribution in [0.1, 0.15) is 41.5 Å². The van der Waals surface area contributed by atoms with E-state index < -0.39 is 5.97 Å². The highest BCUT2D eigenvalue weighted by Crippen LogP contribution is 2.11. The first-order valence-electron chi connectivity index (χ1n) is 5.62. The molecule has 1 amide bonds. The van der Waals surface area contributed by atoms with E-state index >= 15 is 0 Å². The zero-order valence-electron chi connectivity index (χ0n) is 10.8. The molecule has 0 saturated carbocycles. The molecule has 2 N–H and O–H groups in total. The zero-order valence-corrected chi connectivity index (χ0v) is 10.8. The number of aromatic carboxylic acids is 1. The van der Waals surface area contributed by atoms with Gasteiger partial charge in [-0.25, -0.2) is 4.79 Å². The summed E-state index contributed by atoms with van der Waals surface area (Å²) in [7, 11) is 5.52. The van der Waals surface area contributed by atoms with Gasteiger partial charge in [0.1, 0.15) is 7.85 Å². The van der Waals surface area contributed by atoms with Gasteiger partial charge < -0.3 is 10.4 Å². The smallest absolute Gasteiger partial charge is 0.335 e. The first kappa shape index (κ1) is 14.3. The molecule has 0 fully saturated rings. The number of carbonyl (C=O) groups is 2. The first-order chi connectivity index (χ1) is 8.20. The standard InChI is InChI=1S/C13H16BNO3/c1-13(2,3)7-15-11(16)8-4-5-10(14)9(6-8)12(17)18/h4-6H,7H2,1-3H3,(H,15,16)(H,17,18). The van der Waals surface area contributed by atoms with E-state index in [1.165, 1.54) is 18.2 Å². The summed E-state index contributed by atoms with van der Waals surface area (Å²) in [5.74, 6) is -1.44. The second-order valence-electron chi connectivity index (χ2n) is 5.35. The van der Waals surface area contributed by atoms with Crippen LogP contribution in [-0.4, -0.2) is 31.4 Å². The van der Waals surface area contributed by atoms with Crippen molar-refractivity contribution in [3.8, 4) is 0 Å². The average molecular weight is 245 g/mol. The SMILES string of the molecule is [B]c1ccc(C(=O)NCC(C)(C)C)cc1C(=O)O. The van der Waals surface area contributed by atoms with E-state index in [-0.39, 0.29) is 22.3 Å². The molecule has 1 aromatic rings. The molecule has 0 spiro atoms. The van der Waals surface area contributed by atoms with Crippen molar-refractivity contribution in [1.29, 1.82) is 0 Å². The van der Waals surface area contributed by atoms with E-state index in [0.29, 0.717) is 12.1 Å². The van der Waals surface area contributed by atoms with Crippen molar-refractivity contribution >= 4 is 25.2 Å². The fraction of sp³-hybridized carbons (Fsp3) is 0.385. The van der Waals surface area contributed by atoms with Crippen molar-refractivity contribution in [2.24, 2.45) is 5.41 Å². The Hall–Kier alpha value is -1.78. The number of carboxylic acid groups (broad SMARTS) is 1. The zero-order chi connectivity index (χ0) is 13.9. The molecule has 18 heavy (non-hydrogen) atoms. The molecule has 4 nitrogen and oxygen atoms in total. The minimum atomic E-state index is -1.14. The molecule has 1 rings (SSSR count). The predicted molar refractivity (Wildman–Crippen MR) is 70.6 cm³/mol. The van der Waals surface area contributed by atoms with Gasteiger partial charge in [0, 0.05) is 12.1 Å². The molecule has 0 bridgehead atoms. The molecule has 0 atom stereocenters. The third-order valence-electron chi connectivity index (χ3n) is 2.33. The Morgan fingerprint density at radius 3 is 2.44 bits per heavy atom.